The van der Waals surface area contributed by atoms with Crippen LogP contribution in [0.25, 0.3) is 11.4 Å². The van der Waals surface area contributed by atoms with Gasteiger partial charge in [0, 0.05) is 49.8 Å². The minimum absolute atomic E-state index is 0.597. The average Bonchev–Trinajstić information content (AvgIpc) is 3.08. The number of fused-ring (bicyclic) bond motifs is 2. The zero-order chi connectivity index (χ0) is 20.9. The van der Waals surface area contributed by atoms with Gasteiger partial charge in [-0.3, -0.25) is 4.90 Å². The Morgan fingerprint density at radius 3 is 2.74 bits per heavy atom. The van der Waals surface area contributed by atoms with Crippen molar-refractivity contribution in [3.05, 3.63) is 75.6 Å². The number of rotatable bonds is 3. The molecule has 0 saturated carbocycles. The van der Waals surface area contributed by atoms with Crippen molar-refractivity contribution in [2.45, 2.75) is 44.2 Å². The number of benzene rings is 2. The zero-order valence-electron chi connectivity index (χ0n) is 18.0. The smallest absolute Gasteiger partial charge is 0.141 e. The molecule has 3 aromatic rings. The maximum atomic E-state index is 6.47. The Morgan fingerprint density at radius 2 is 1.94 bits per heavy atom. The lowest BCUT2D eigenvalue weighted by Gasteiger charge is -2.37. The van der Waals surface area contributed by atoms with Gasteiger partial charge in [-0.15, -0.1) is 0 Å². The number of aryl methyl sites for hydroxylation is 1. The lowest BCUT2D eigenvalue weighted by molar-refractivity contribution is 0.00837. The normalized spacial score (nSPS) is 21.4. The highest BCUT2D eigenvalue weighted by atomic mass is 35.5. The average molecular weight is 434 g/mol. The van der Waals surface area contributed by atoms with Crippen molar-refractivity contribution < 1.29 is 4.74 Å². The largest absolute Gasteiger partial charge is 0.380 e. The minimum Gasteiger partial charge on any atom is -0.380 e. The zero-order valence-corrected chi connectivity index (χ0v) is 18.7. The summed E-state index contributed by atoms with van der Waals surface area (Å²) in [6, 6.07) is 15.8. The Bertz CT molecular complexity index is 1130. The summed E-state index contributed by atoms with van der Waals surface area (Å²) in [5.41, 5.74) is 8.14. The molecule has 0 radical (unpaired) electrons. The molecule has 0 N–H and O–H groups in total. The molecule has 5 heteroatoms. The molecule has 1 saturated heterocycles. The van der Waals surface area contributed by atoms with E-state index in [4.69, 9.17) is 21.3 Å². The molecule has 0 spiro atoms. The van der Waals surface area contributed by atoms with Gasteiger partial charge in [-0.2, -0.15) is 0 Å². The van der Waals surface area contributed by atoms with Crippen molar-refractivity contribution in [1.29, 1.82) is 0 Å². The molecule has 1 unspecified atom stereocenters. The van der Waals surface area contributed by atoms with Crippen LogP contribution in [0.2, 0.25) is 5.02 Å². The summed E-state index contributed by atoms with van der Waals surface area (Å²) in [4.78, 5) is 7.71. The number of hydrogen-bond donors (Lipinski definition) is 0. The Morgan fingerprint density at radius 1 is 1.06 bits per heavy atom. The fourth-order valence-corrected chi connectivity index (χ4v) is 5.72. The van der Waals surface area contributed by atoms with Gasteiger partial charge in [0.1, 0.15) is 5.82 Å². The summed E-state index contributed by atoms with van der Waals surface area (Å²) in [7, 11) is 2.13. The lowest BCUT2D eigenvalue weighted by atomic mass is 9.84. The van der Waals surface area contributed by atoms with Gasteiger partial charge >= 0.3 is 0 Å². The molecule has 2 aliphatic heterocycles. The third kappa shape index (κ3) is 3.42. The van der Waals surface area contributed by atoms with Crippen molar-refractivity contribution in [2.24, 2.45) is 7.05 Å². The molecule has 1 atom stereocenters. The molecule has 31 heavy (non-hydrogen) atoms. The number of hydrogen-bond acceptors (Lipinski definition) is 3. The van der Waals surface area contributed by atoms with Crippen LogP contribution in [-0.2, 0) is 37.6 Å². The van der Waals surface area contributed by atoms with E-state index in [-0.39, 0.29) is 0 Å². The van der Waals surface area contributed by atoms with Gasteiger partial charge < -0.3 is 9.30 Å². The lowest BCUT2D eigenvalue weighted by Crippen LogP contribution is -2.42. The monoisotopic (exact) mass is 433 g/mol. The maximum Gasteiger partial charge on any atom is 0.141 e. The Labute approximate surface area is 188 Å². The predicted molar refractivity (Wildman–Crippen MR) is 124 cm³/mol. The molecule has 4 nitrogen and oxygen atoms in total. The summed E-state index contributed by atoms with van der Waals surface area (Å²) < 4.78 is 7.66. The van der Waals surface area contributed by atoms with E-state index in [9.17, 15) is 0 Å². The Kier molecular flexibility index (Phi) is 4.90. The Hall–Kier alpha value is -2.14. The van der Waals surface area contributed by atoms with E-state index < -0.39 is 0 Å². The summed E-state index contributed by atoms with van der Waals surface area (Å²) in [6.45, 7) is 3.80. The molecule has 3 aliphatic rings. The van der Waals surface area contributed by atoms with E-state index in [1.165, 1.54) is 35.4 Å². The number of ether oxygens (including phenoxy) is 1. The van der Waals surface area contributed by atoms with E-state index in [1.54, 1.807) is 5.56 Å². The number of halogens is 1. The van der Waals surface area contributed by atoms with E-state index in [1.807, 2.05) is 18.2 Å². The van der Waals surface area contributed by atoms with Crippen LogP contribution in [0.15, 0.2) is 42.5 Å². The topological polar surface area (TPSA) is 30.3 Å². The highest BCUT2D eigenvalue weighted by molar-refractivity contribution is 6.33. The first-order valence-electron chi connectivity index (χ1n) is 11.4. The fourth-order valence-electron chi connectivity index (χ4n) is 5.49. The maximum absolute atomic E-state index is 6.47. The van der Waals surface area contributed by atoms with Crippen LogP contribution in [0.3, 0.4) is 0 Å². The van der Waals surface area contributed by atoms with Crippen molar-refractivity contribution in [1.82, 2.24) is 14.5 Å². The molecule has 160 valence electrons. The van der Waals surface area contributed by atoms with Crippen LogP contribution in [-0.4, -0.2) is 40.3 Å². The number of nitrogens with zero attached hydrogens (tertiary/aromatic N) is 3. The molecule has 3 heterocycles. The number of aromatic nitrogens is 2. The SMILES string of the molecule is Cn1c(-c2ccccc2Cl)nc2c1CCN(C1CCc3ccc(C4COC4)cc3C1)C2. The highest BCUT2D eigenvalue weighted by Gasteiger charge is 2.31. The van der Waals surface area contributed by atoms with E-state index >= 15 is 0 Å². The molecular formula is C26H28ClN3O. The molecule has 2 aromatic carbocycles. The first kappa shape index (κ1) is 19.5. The van der Waals surface area contributed by atoms with Gasteiger partial charge in [0.2, 0.25) is 0 Å². The second kappa shape index (κ2) is 7.77. The molecule has 1 aromatic heterocycles. The summed E-state index contributed by atoms with van der Waals surface area (Å²) in [5, 5.41) is 0.765. The summed E-state index contributed by atoms with van der Waals surface area (Å²) >= 11 is 6.47. The molecule has 1 fully saturated rings. The standard InChI is InChI=1S/C26H28ClN3O/c1-29-25-10-11-30(14-24(25)28-26(29)22-4-2-3-5-23(22)27)21-9-8-17-6-7-18(12-19(17)13-21)20-15-31-16-20/h2-7,12,20-21H,8-11,13-16H2,1H3. The predicted octanol–water partition coefficient (Wildman–Crippen LogP) is 4.77. The molecular weight excluding hydrogens is 406 g/mol. The van der Waals surface area contributed by atoms with Crippen molar-refractivity contribution in [2.75, 3.05) is 19.8 Å². The van der Waals surface area contributed by atoms with Gasteiger partial charge in [-0.05, 0) is 48.1 Å². The fraction of sp³-hybridized carbons (Fsp3) is 0.423. The first-order chi connectivity index (χ1) is 15.2. The molecule has 6 rings (SSSR count). The highest BCUT2D eigenvalue weighted by Crippen LogP contribution is 2.34. The van der Waals surface area contributed by atoms with Crippen molar-refractivity contribution >= 4 is 11.6 Å². The van der Waals surface area contributed by atoms with Crippen LogP contribution in [0, 0.1) is 0 Å². The van der Waals surface area contributed by atoms with Gasteiger partial charge in [-0.25, -0.2) is 4.98 Å². The van der Waals surface area contributed by atoms with Crippen LogP contribution in [0.4, 0.5) is 0 Å². The van der Waals surface area contributed by atoms with Crippen molar-refractivity contribution in [3.63, 3.8) is 0 Å². The van der Waals surface area contributed by atoms with Gasteiger partial charge in [-0.1, -0.05) is 41.9 Å². The minimum atomic E-state index is 0.597. The molecule has 0 bridgehead atoms. The van der Waals surface area contributed by atoms with Crippen LogP contribution >= 0.6 is 11.6 Å². The van der Waals surface area contributed by atoms with E-state index in [2.05, 4.69) is 40.8 Å². The van der Waals surface area contributed by atoms with Crippen LogP contribution in [0.5, 0.6) is 0 Å². The van der Waals surface area contributed by atoms with Gasteiger partial charge in [0.25, 0.3) is 0 Å². The first-order valence-corrected chi connectivity index (χ1v) is 11.8. The van der Waals surface area contributed by atoms with Crippen molar-refractivity contribution in [3.8, 4) is 11.4 Å². The van der Waals surface area contributed by atoms with Crippen LogP contribution < -0.4 is 0 Å². The van der Waals surface area contributed by atoms with Crippen LogP contribution in [0.1, 0.15) is 40.4 Å². The summed E-state index contributed by atoms with van der Waals surface area (Å²) in [5.74, 6) is 1.58. The van der Waals surface area contributed by atoms with Gasteiger partial charge in [0.15, 0.2) is 0 Å². The molecule has 1 aliphatic carbocycles. The third-order valence-electron chi connectivity index (χ3n) is 7.46. The second-order valence-electron chi connectivity index (χ2n) is 9.25. The number of imidazole rings is 1. The molecule has 0 amide bonds. The summed E-state index contributed by atoms with van der Waals surface area (Å²) in [6.07, 6.45) is 4.61. The third-order valence-corrected chi connectivity index (χ3v) is 7.79. The Balaban J connectivity index is 1.23. The van der Waals surface area contributed by atoms with Gasteiger partial charge in [0.05, 0.1) is 23.9 Å². The van der Waals surface area contributed by atoms with E-state index in [0.29, 0.717) is 12.0 Å². The quantitative estimate of drug-likeness (QED) is 0.596. The second-order valence-corrected chi connectivity index (χ2v) is 9.65. The van der Waals surface area contributed by atoms with E-state index in [0.717, 1.165) is 55.6 Å².